The minimum absolute atomic E-state index is 0.286. The Bertz CT molecular complexity index is 597. The van der Waals surface area contributed by atoms with Crippen LogP contribution in [0.5, 0.6) is 0 Å². The summed E-state index contributed by atoms with van der Waals surface area (Å²) in [4.78, 5) is 18.2. The van der Waals surface area contributed by atoms with Gasteiger partial charge in [0.15, 0.2) is 0 Å². The van der Waals surface area contributed by atoms with E-state index in [1.165, 1.54) is 5.56 Å². The highest BCUT2D eigenvalue weighted by Crippen LogP contribution is 2.54. The van der Waals surface area contributed by atoms with Gasteiger partial charge in [-0.05, 0) is 31.2 Å². The number of rotatable bonds is 6. The summed E-state index contributed by atoms with van der Waals surface area (Å²) in [6, 6.07) is 10.1. The fraction of sp³-hybridized carbons (Fsp3) is 0.375. The maximum Gasteiger partial charge on any atom is 0.405 e. The molecule has 1 aliphatic rings. The van der Waals surface area contributed by atoms with E-state index in [2.05, 4.69) is 27.4 Å². The van der Waals surface area contributed by atoms with Crippen molar-refractivity contribution in [1.29, 1.82) is 0 Å². The van der Waals surface area contributed by atoms with Gasteiger partial charge < -0.3 is 15.4 Å². The second kappa shape index (κ2) is 5.60. The van der Waals surface area contributed by atoms with Crippen molar-refractivity contribution in [2.24, 2.45) is 0 Å². The molecular weight excluding hydrogens is 266 g/mol. The topological polar surface area (TPSA) is 78.0 Å². The number of H-pyrrole nitrogens is 1. The molecule has 0 aliphatic heterocycles. The third-order valence-electron chi connectivity index (χ3n) is 4.24. The first-order chi connectivity index (χ1) is 10.2. The molecule has 110 valence electrons. The van der Waals surface area contributed by atoms with Crippen LogP contribution in [0.2, 0.25) is 0 Å². The van der Waals surface area contributed by atoms with Crippen molar-refractivity contribution in [2.75, 3.05) is 0 Å². The van der Waals surface area contributed by atoms with E-state index < -0.39 is 6.09 Å². The maximum atomic E-state index is 11.1. The zero-order valence-corrected chi connectivity index (χ0v) is 11.7. The molecule has 0 radical (unpaired) electrons. The fourth-order valence-electron chi connectivity index (χ4n) is 3.13. The van der Waals surface area contributed by atoms with Gasteiger partial charge in [-0.25, -0.2) is 9.78 Å². The number of imidazole rings is 1. The van der Waals surface area contributed by atoms with E-state index >= 15 is 0 Å². The number of carboxylic acid groups (broad SMARTS) is 1. The lowest BCUT2D eigenvalue weighted by Crippen LogP contribution is -2.37. The lowest BCUT2D eigenvalue weighted by Gasteiger charge is -2.17. The number of amides is 1. The standard InChI is InChI=1S/C16H19N3O2/c20-15(21)19-16(8-4-7-13-10-17-11-18-13)9-14(16)12-5-2-1-3-6-12/h1-3,5-6,10-11,14,19H,4,7-9H2,(H,17,18)(H,20,21). The third kappa shape index (κ3) is 3.07. The van der Waals surface area contributed by atoms with Gasteiger partial charge >= 0.3 is 6.09 Å². The summed E-state index contributed by atoms with van der Waals surface area (Å²) in [6.07, 6.45) is 6.13. The molecule has 1 aliphatic carbocycles. The number of aromatic nitrogens is 2. The molecule has 2 atom stereocenters. The first-order valence-electron chi connectivity index (χ1n) is 7.23. The van der Waals surface area contributed by atoms with E-state index in [1.807, 2.05) is 24.4 Å². The fourth-order valence-corrected chi connectivity index (χ4v) is 3.13. The van der Waals surface area contributed by atoms with Crippen molar-refractivity contribution in [3.05, 3.63) is 54.1 Å². The van der Waals surface area contributed by atoms with E-state index in [4.69, 9.17) is 5.11 Å². The predicted molar refractivity (Wildman–Crippen MR) is 79.2 cm³/mol. The van der Waals surface area contributed by atoms with Gasteiger partial charge in [0.1, 0.15) is 0 Å². The van der Waals surface area contributed by atoms with Gasteiger partial charge in [-0.15, -0.1) is 0 Å². The lowest BCUT2D eigenvalue weighted by molar-refractivity contribution is 0.186. The van der Waals surface area contributed by atoms with Gasteiger partial charge in [0, 0.05) is 12.1 Å². The first-order valence-corrected chi connectivity index (χ1v) is 7.23. The number of hydrogen-bond acceptors (Lipinski definition) is 2. The smallest absolute Gasteiger partial charge is 0.405 e. The molecule has 1 aromatic heterocycles. The summed E-state index contributed by atoms with van der Waals surface area (Å²) >= 11 is 0. The van der Waals surface area contributed by atoms with E-state index in [-0.39, 0.29) is 11.5 Å². The molecule has 1 heterocycles. The highest BCUT2D eigenvalue weighted by molar-refractivity contribution is 5.67. The molecule has 3 rings (SSSR count). The van der Waals surface area contributed by atoms with Crippen LogP contribution in [0.15, 0.2) is 42.9 Å². The quantitative estimate of drug-likeness (QED) is 0.763. The normalized spacial score (nSPS) is 23.7. The van der Waals surface area contributed by atoms with Crippen LogP contribution in [0, 0.1) is 0 Å². The van der Waals surface area contributed by atoms with Crippen LogP contribution < -0.4 is 5.32 Å². The largest absolute Gasteiger partial charge is 0.465 e. The molecule has 0 saturated heterocycles. The molecule has 5 heteroatoms. The van der Waals surface area contributed by atoms with Crippen LogP contribution in [0.4, 0.5) is 4.79 Å². The number of nitrogens with zero attached hydrogens (tertiary/aromatic N) is 1. The van der Waals surface area contributed by atoms with Crippen LogP contribution in [0.25, 0.3) is 0 Å². The molecule has 1 fully saturated rings. The predicted octanol–water partition coefficient (Wildman–Crippen LogP) is 2.93. The summed E-state index contributed by atoms with van der Waals surface area (Å²) in [5, 5.41) is 11.9. The summed E-state index contributed by atoms with van der Waals surface area (Å²) < 4.78 is 0. The highest BCUT2D eigenvalue weighted by atomic mass is 16.4. The summed E-state index contributed by atoms with van der Waals surface area (Å²) in [5.74, 6) is 0.286. The molecule has 2 unspecified atom stereocenters. The van der Waals surface area contributed by atoms with Gasteiger partial charge in [0.2, 0.25) is 0 Å². The summed E-state index contributed by atoms with van der Waals surface area (Å²) in [5.41, 5.74) is 1.94. The summed E-state index contributed by atoms with van der Waals surface area (Å²) in [6.45, 7) is 0. The van der Waals surface area contributed by atoms with Crippen molar-refractivity contribution < 1.29 is 9.90 Å². The second-order valence-electron chi connectivity index (χ2n) is 5.67. The van der Waals surface area contributed by atoms with Crippen LogP contribution in [-0.4, -0.2) is 26.7 Å². The molecule has 0 spiro atoms. The Morgan fingerprint density at radius 2 is 2.24 bits per heavy atom. The van der Waals surface area contributed by atoms with Gasteiger partial charge in [0.05, 0.1) is 17.6 Å². The van der Waals surface area contributed by atoms with Gasteiger partial charge in [-0.2, -0.15) is 0 Å². The average Bonchev–Trinajstić information content (AvgIpc) is 2.92. The number of nitrogens with one attached hydrogen (secondary N) is 2. The van der Waals surface area contributed by atoms with Crippen molar-refractivity contribution in [3.63, 3.8) is 0 Å². The van der Waals surface area contributed by atoms with Gasteiger partial charge in [-0.3, -0.25) is 0 Å². The van der Waals surface area contributed by atoms with Gasteiger partial charge in [-0.1, -0.05) is 30.3 Å². The van der Waals surface area contributed by atoms with Crippen molar-refractivity contribution in [2.45, 2.75) is 37.1 Å². The minimum atomic E-state index is -0.937. The first kappa shape index (κ1) is 13.7. The zero-order chi connectivity index (χ0) is 14.7. The number of aryl methyl sites for hydroxylation is 1. The molecule has 3 N–H and O–H groups in total. The minimum Gasteiger partial charge on any atom is -0.465 e. The van der Waals surface area contributed by atoms with E-state index in [1.54, 1.807) is 6.33 Å². The zero-order valence-electron chi connectivity index (χ0n) is 11.7. The number of aromatic amines is 1. The Morgan fingerprint density at radius 1 is 1.43 bits per heavy atom. The summed E-state index contributed by atoms with van der Waals surface area (Å²) in [7, 11) is 0. The van der Waals surface area contributed by atoms with Gasteiger partial charge in [0.25, 0.3) is 0 Å². The van der Waals surface area contributed by atoms with E-state index in [0.717, 1.165) is 31.4 Å². The Balaban J connectivity index is 1.64. The highest BCUT2D eigenvalue weighted by Gasteiger charge is 2.55. The molecule has 0 bridgehead atoms. The monoisotopic (exact) mass is 285 g/mol. The average molecular weight is 285 g/mol. The number of benzene rings is 1. The molecule has 21 heavy (non-hydrogen) atoms. The molecule has 2 aromatic rings. The molecular formula is C16H19N3O2. The molecule has 1 amide bonds. The Kier molecular flexibility index (Phi) is 3.64. The Hall–Kier alpha value is -2.30. The molecule has 1 aromatic carbocycles. The lowest BCUT2D eigenvalue weighted by atomic mass is 10.0. The Labute approximate surface area is 123 Å². The maximum absolute atomic E-state index is 11.1. The second-order valence-corrected chi connectivity index (χ2v) is 5.67. The van der Waals surface area contributed by atoms with Crippen LogP contribution in [0.1, 0.15) is 36.4 Å². The third-order valence-corrected chi connectivity index (χ3v) is 4.24. The van der Waals surface area contributed by atoms with Crippen molar-refractivity contribution in [1.82, 2.24) is 15.3 Å². The van der Waals surface area contributed by atoms with Crippen molar-refractivity contribution in [3.8, 4) is 0 Å². The number of carbonyl (C=O) groups is 1. The number of hydrogen-bond donors (Lipinski definition) is 3. The van der Waals surface area contributed by atoms with Crippen LogP contribution >= 0.6 is 0 Å². The van der Waals surface area contributed by atoms with E-state index in [9.17, 15) is 4.79 Å². The molecule has 5 nitrogen and oxygen atoms in total. The Morgan fingerprint density at radius 3 is 2.90 bits per heavy atom. The van der Waals surface area contributed by atoms with Crippen LogP contribution in [0.3, 0.4) is 0 Å². The SMILES string of the molecule is O=C(O)NC1(CCCc2c[nH]cn2)CC1c1ccccc1. The molecule has 1 saturated carbocycles. The van der Waals surface area contributed by atoms with Crippen molar-refractivity contribution >= 4 is 6.09 Å². The van der Waals surface area contributed by atoms with E-state index in [0.29, 0.717) is 0 Å². The van der Waals surface area contributed by atoms with Crippen LogP contribution in [-0.2, 0) is 6.42 Å².